The highest BCUT2D eigenvalue weighted by molar-refractivity contribution is 6.31. The van der Waals surface area contributed by atoms with Crippen molar-refractivity contribution in [2.75, 3.05) is 0 Å². The molecule has 0 radical (unpaired) electrons. The van der Waals surface area contributed by atoms with Crippen LogP contribution in [0.15, 0.2) is 42.5 Å². The summed E-state index contributed by atoms with van der Waals surface area (Å²) in [7, 11) is 0. The average molecular weight is 429 g/mol. The SMILES string of the molecule is O=C(O)Cn1c2c(c3cc(F)ccc31)CC(NC(=O)CCc1ccccc1Cl)CC2. The molecule has 1 aliphatic rings. The Morgan fingerprint density at radius 1 is 1.23 bits per heavy atom. The molecule has 1 aromatic heterocycles. The number of carbonyl (C=O) groups is 2. The molecule has 0 bridgehead atoms. The van der Waals surface area contributed by atoms with Gasteiger partial charge in [-0.3, -0.25) is 9.59 Å². The molecule has 5 nitrogen and oxygen atoms in total. The van der Waals surface area contributed by atoms with E-state index in [2.05, 4.69) is 5.32 Å². The zero-order chi connectivity index (χ0) is 21.3. The fourth-order valence-electron chi connectivity index (χ4n) is 4.31. The molecule has 1 atom stereocenters. The van der Waals surface area contributed by atoms with E-state index < -0.39 is 5.97 Å². The van der Waals surface area contributed by atoms with Crippen LogP contribution in [0.1, 0.15) is 29.7 Å². The van der Waals surface area contributed by atoms with Crippen molar-refractivity contribution in [3.05, 3.63) is 70.1 Å². The van der Waals surface area contributed by atoms with Gasteiger partial charge in [-0.15, -0.1) is 0 Å². The molecule has 7 heteroatoms. The lowest BCUT2D eigenvalue weighted by molar-refractivity contribution is -0.137. The third kappa shape index (κ3) is 4.19. The molecule has 156 valence electrons. The van der Waals surface area contributed by atoms with Crippen LogP contribution in [-0.4, -0.2) is 27.6 Å². The number of halogens is 2. The van der Waals surface area contributed by atoms with Gasteiger partial charge >= 0.3 is 5.97 Å². The number of benzene rings is 2. The largest absolute Gasteiger partial charge is 0.480 e. The zero-order valence-electron chi connectivity index (χ0n) is 16.3. The van der Waals surface area contributed by atoms with Gasteiger partial charge in [0.2, 0.25) is 5.91 Å². The second-order valence-electron chi connectivity index (χ2n) is 7.67. The first kappa shape index (κ1) is 20.4. The third-order valence-electron chi connectivity index (χ3n) is 5.67. The first-order valence-corrected chi connectivity index (χ1v) is 10.3. The highest BCUT2D eigenvalue weighted by atomic mass is 35.5. The van der Waals surface area contributed by atoms with E-state index >= 15 is 0 Å². The van der Waals surface area contributed by atoms with E-state index in [4.69, 9.17) is 11.6 Å². The summed E-state index contributed by atoms with van der Waals surface area (Å²) in [6.45, 7) is -0.160. The van der Waals surface area contributed by atoms with E-state index in [1.54, 1.807) is 10.6 Å². The van der Waals surface area contributed by atoms with Crippen molar-refractivity contribution < 1.29 is 19.1 Å². The van der Waals surface area contributed by atoms with Gasteiger partial charge in [-0.2, -0.15) is 0 Å². The highest BCUT2D eigenvalue weighted by Crippen LogP contribution is 2.33. The molecule has 0 spiro atoms. The molecule has 0 saturated carbocycles. The summed E-state index contributed by atoms with van der Waals surface area (Å²) in [5.74, 6) is -1.35. The summed E-state index contributed by atoms with van der Waals surface area (Å²) in [5, 5.41) is 13.7. The van der Waals surface area contributed by atoms with Crippen LogP contribution in [0.4, 0.5) is 4.39 Å². The molecule has 0 aliphatic heterocycles. The molecule has 1 aliphatic carbocycles. The molecular formula is C23H22ClFN2O3. The maximum absolute atomic E-state index is 13.9. The molecular weight excluding hydrogens is 407 g/mol. The molecule has 0 saturated heterocycles. The van der Waals surface area contributed by atoms with Gasteiger partial charge in [0, 0.05) is 34.1 Å². The Hall–Kier alpha value is -2.86. The number of fused-ring (bicyclic) bond motifs is 3. The number of carboxylic acid groups (broad SMARTS) is 1. The van der Waals surface area contributed by atoms with E-state index in [1.807, 2.05) is 24.3 Å². The van der Waals surface area contributed by atoms with Crippen molar-refractivity contribution in [2.24, 2.45) is 0 Å². The normalized spacial score (nSPS) is 15.7. The van der Waals surface area contributed by atoms with Gasteiger partial charge in [0.15, 0.2) is 0 Å². The van der Waals surface area contributed by atoms with E-state index in [1.165, 1.54) is 12.1 Å². The summed E-state index contributed by atoms with van der Waals surface area (Å²) in [4.78, 5) is 23.8. The number of aryl methyl sites for hydroxylation is 1. The Balaban J connectivity index is 1.50. The number of nitrogens with one attached hydrogen (secondary N) is 1. The molecule has 1 heterocycles. The predicted molar refractivity (Wildman–Crippen MR) is 113 cm³/mol. The van der Waals surface area contributed by atoms with Crippen LogP contribution < -0.4 is 5.32 Å². The maximum Gasteiger partial charge on any atom is 0.323 e. The minimum atomic E-state index is -0.936. The molecule has 3 aromatic rings. The number of carbonyl (C=O) groups excluding carboxylic acids is 1. The van der Waals surface area contributed by atoms with Crippen LogP contribution in [0, 0.1) is 5.82 Å². The van der Waals surface area contributed by atoms with Crippen molar-refractivity contribution in [3.63, 3.8) is 0 Å². The van der Waals surface area contributed by atoms with E-state index in [9.17, 15) is 19.1 Å². The summed E-state index contributed by atoms with van der Waals surface area (Å²) in [5.41, 5.74) is 3.50. The van der Waals surface area contributed by atoms with Crippen molar-refractivity contribution in [2.45, 2.75) is 44.7 Å². The summed E-state index contributed by atoms with van der Waals surface area (Å²) < 4.78 is 15.6. The zero-order valence-corrected chi connectivity index (χ0v) is 17.1. The number of carboxylic acids is 1. The second-order valence-corrected chi connectivity index (χ2v) is 8.07. The van der Waals surface area contributed by atoms with E-state index in [0.29, 0.717) is 37.1 Å². The Morgan fingerprint density at radius 3 is 2.80 bits per heavy atom. The Labute approximate surface area is 178 Å². The fraction of sp³-hybridized carbons (Fsp3) is 0.304. The fourth-order valence-corrected chi connectivity index (χ4v) is 4.54. The lowest BCUT2D eigenvalue weighted by Crippen LogP contribution is -2.39. The van der Waals surface area contributed by atoms with Gasteiger partial charge in [0.05, 0.1) is 0 Å². The number of amides is 1. The highest BCUT2D eigenvalue weighted by Gasteiger charge is 2.27. The Bertz CT molecular complexity index is 1130. The van der Waals surface area contributed by atoms with Crippen molar-refractivity contribution in [3.8, 4) is 0 Å². The summed E-state index contributed by atoms with van der Waals surface area (Å²) in [6.07, 6.45) is 2.80. The number of hydrogen-bond acceptors (Lipinski definition) is 2. The van der Waals surface area contributed by atoms with Crippen LogP contribution in [0.25, 0.3) is 10.9 Å². The van der Waals surface area contributed by atoms with E-state index in [0.717, 1.165) is 27.7 Å². The first-order chi connectivity index (χ1) is 14.4. The number of aromatic nitrogens is 1. The smallest absolute Gasteiger partial charge is 0.323 e. The average Bonchev–Trinajstić information content (AvgIpc) is 2.99. The van der Waals surface area contributed by atoms with Crippen LogP contribution in [0.3, 0.4) is 0 Å². The van der Waals surface area contributed by atoms with Crippen LogP contribution in [0.2, 0.25) is 5.02 Å². The van der Waals surface area contributed by atoms with Gasteiger partial charge in [0.25, 0.3) is 0 Å². The van der Waals surface area contributed by atoms with Crippen molar-refractivity contribution in [1.82, 2.24) is 9.88 Å². The quantitative estimate of drug-likeness (QED) is 0.620. The van der Waals surface area contributed by atoms with Crippen LogP contribution in [-0.2, 0) is 35.4 Å². The third-order valence-corrected chi connectivity index (χ3v) is 6.04. The summed E-state index contributed by atoms with van der Waals surface area (Å²) >= 11 is 6.16. The van der Waals surface area contributed by atoms with Crippen LogP contribution in [0.5, 0.6) is 0 Å². The maximum atomic E-state index is 13.9. The van der Waals surface area contributed by atoms with Gasteiger partial charge in [-0.05, 0) is 61.1 Å². The monoisotopic (exact) mass is 428 g/mol. The number of rotatable bonds is 6. The first-order valence-electron chi connectivity index (χ1n) is 9.96. The van der Waals surface area contributed by atoms with Crippen LogP contribution >= 0.6 is 11.6 Å². The van der Waals surface area contributed by atoms with Crippen molar-refractivity contribution in [1.29, 1.82) is 0 Å². The number of nitrogens with zero attached hydrogens (tertiary/aromatic N) is 1. The molecule has 30 heavy (non-hydrogen) atoms. The Morgan fingerprint density at radius 2 is 2.03 bits per heavy atom. The summed E-state index contributed by atoms with van der Waals surface area (Å²) in [6, 6.07) is 11.8. The molecule has 1 amide bonds. The molecule has 4 rings (SSSR count). The molecule has 2 N–H and O–H groups in total. The lowest BCUT2D eigenvalue weighted by Gasteiger charge is -2.25. The molecule has 2 aromatic carbocycles. The standard InChI is InChI=1S/C23H22ClFN2O3/c24-19-4-2-1-3-14(19)5-10-22(28)26-16-7-9-21-18(12-16)17-11-15(25)6-8-20(17)27(21)13-23(29)30/h1-4,6,8,11,16H,5,7,9-10,12-13H2,(H,26,28)(H,29,30). The lowest BCUT2D eigenvalue weighted by atomic mass is 9.91. The van der Waals surface area contributed by atoms with Gasteiger partial charge < -0.3 is 15.0 Å². The second kappa shape index (κ2) is 8.48. The number of hydrogen-bond donors (Lipinski definition) is 2. The molecule has 0 fully saturated rings. The van der Waals surface area contributed by atoms with Gasteiger partial charge in [-0.1, -0.05) is 29.8 Å². The Kier molecular flexibility index (Phi) is 5.77. The minimum Gasteiger partial charge on any atom is -0.480 e. The van der Waals surface area contributed by atoms with Crippen molar-refractivity contribution >= 4 is 34.4 Å². The number of aliphatic carboxylic acids is 1. The minimum absolute atomic E-state index is 0.0520. The van der Waals surface area contributed by atoms with E-state index in [-0.39, 0.29) is 24.3 Å². The predicted octanol–water partition coefficient (Wildman–Crippen LogP) is 4.12. The molecule has 1 unspecified atom stereocenters. The topological polar surface area (TPSA) is 71.3 Å². The van der Waals surface area contributed by atoms with Gasteiger partial charge in [0.1, 0.15) is 12.4 Å². The van der Waals surface area contributed by atoms with Gasteiger partial charge in [-0.25, -0.2) is 4.39 Å².